The van der Waals surface area contributed by atoms with E-state index in [2.05, 4.69) is 11.8 Å². The van der Waals surface area contributed by atoms with Crippen molar-refractivity contribution in [2.75, 3.05) is 0 Å². The lowest BCUT2D eigenvalue weighted by molar-refractivity contribution is 0.937. The Morgan fingerprint density at radius 2 is 2.50 bits per heavy atom. The van der Waals surface area contributed by atoms with Crippen molar-refractivity contribution in [1.82, 2.24) is 0 Å². The predicted octanol–water partition coefficient (Wildman–Crippen LogP) is 1.90. The second-order valence-corrected chi connectivity index (χ2v) is 6.07. The molecule has 0 aromatic heterocycles. The highest BCUT2D eigenvalue weighted by Gasteiger charge is 1.62. The lowest BCUT2D eigenvalue weighted by Gasteiger charge is -1.56. The third-order valence-corrected chi connectivity index (χ3v) is 0. The molecular weight excluding hydrogens is 209 g/mol. The highest BCUT2D eigenvalue weighted by Crippen LogP contribution is 2.31. The van der Waals surface area contributed by atoms with E-state index in [0.29, 0.717) is 0 Å². The van der Waals surface area contributed by atoms with Gasteiger partial charge in [0.1, 0.15) is 1.28 Å². The van der Waals surface area contributed by atoms with Gasteiger partial charge in [-0.05, 0) is 22.0 Å². The SMILES string of the molecule is [2H]P(F)(=S)I. The summed E-state index contributed by atoms with van der Waals surface area (Å²) in [6.45, 7) is 0. The van der Waals surface area contributed by atoms with Gasteiger partial charge in [0, 0.05) is 0 Å². The molecule has 0 radical (unpaired) electrons. The average Bonchev–Trinajstić information content (AvgIpc) is 0.722. The molecule has 0 aliphatic rings. The Morgan fingerprint density at radius 1 is 2.50 bits per heavy atom. The second kappa shape index (κ2) is 2.54. The molecule has 1 atom stereocenters. The first-order valence-electron chi connectivity index (χ1n) is 0.968. The van der Waals surface area contributed by atoms with E-state index >= 15 is 0 Å². The van der Waals surface area contributed by atoms with Crippen molar-refractivity contribution >= 4 is 38.4 Å². The molecule has 0 nitrogen and oxygen atoms in total. The summed E-state index contributed by atoms with van der Waals surface area (Å²) in [6.07, 6.45) is 0. The van der Waals surface area contributed by atoms with Gasteiger partial charge in [0.2, 0.25) is 0 Å². The second-order valence-electron chi connectivity index (χ2n) is 0.202. The molecule has 0 fully saturated rings. The van der Waals surface area contributed by atoms with Crippen LogP contribution in [0.2, 0.25) is 0 Å². The first kappa shape index (κ1) is 3.50. The molecule has 0 aromatic rings. The smallest absolute Gasteiger partial charge is 0.158 e. The largest absolute Gasteiger partial charge is 0.210 e. The van der Waals surface area contributed by atoms with Crippen molar-refractivity contribution in [3.8, 4) is 0 Å². The van der Waals surface area contributed by atoms with Crippen molar-refractivity contribution in [3.05, 3.63) is 0 Å². The van der Waals surface area contributed by atoms with Crippen LogP contribution in [0.5, 0.6) is 0 Å². The van der Waals surface area contributed by atoms with E-state index in [1.807, 2.05) is 0 Å². The van der Waals surface area contributed by atoms with Gasteiger partial charge in [0.25, 0.3) is 0 Å². The molecule has 0 aliphatic heterocycles. The van der Waals surface area contributed by atoms with Gasteiger partial charge in [-0.25, -0.2) is 4.20 Å². The summed E-state index contributed by atoms with van der Waals surface area (Å²) in [5, 5.41) is 0. The number of hydrogen-bond donors (Lipinski definition) is 0. The summed E-state index contributed by atoms with van der Waals surface area (Å²) in [6, 6.07) is 0. The Morgan fingerprint density at radius 3 is 2.50 bits per heavy atom. The fourth-order valence-corrected chi connectivity index (χ4v) is 0. The average molecular weight is 211 g/mol. The molecule has 0 aliphatic carbocycles. The Kier molecular flexibility index (Phi) is 2.22. The molecule has 0 rings (SSSR count). The normalized spacial score (nSPS) is 27.0. The monoisotopic (exact) mass is 211 g/mol. The van der Waals surface area contributed by atoms with Crippen LogP contribution >= 0.6 is 26.6 Å². The molecule has 0 amide bonds. The van der Waals surface area contributed by atoms with Gasteiger partial charge in [-0.15, -0.1) is 0 Å². The molecule has 0 saturated heterocycles. The van der Waals surface area contributed by atoms with E-state index in [1.54, 1.807) is 0 Å². The van der Waals surface area contributed by atoms with Crippen LogP contribution in [-0.2, 0) is 11.8 Å². The van der Waals surface area contributed by atoms with Crippen LogP contribution in [0.4, 0.5) is 4.20 Å². The van der Waals surface area contributed by atoms with Gasteiger partial charge in [0.15, 0.2) is 4.60 Å². The van der Waals surface area contributed by atoms with Crippen LogP contribution in [-0.4, -0.2) is 1.28 Å². The number of rotatable bonds is 0. The Bertz CT molecular complexity index is 57.8. The first-order chi connectivity index (χ1) is 2.00. The standard InChI is InChI=1S/FHIPS/c1-3(2)4/h3H/i3D. The molecule has 1 unspecified atom stereocenters. The molecule has 0 aromatic carbocycles. The van der Waals surface area contributed by atoms with Gasteiger partial charge < -0.3 is 0 Å². The first-order valence-corrected chi connectivity index (χ1v) is 5.55. The lowest BCUT2D eigenvalue weighted by atomic mass is 18.9. The topological polar surface area (TPSA) is 0 Å². The zero-order valence-corrected chi connectivity index (χ0v) is 5.48. The fourth-order valence-electron chi connectivity index (χ4n) is 0. The van der Waals surface area contributed by atoms with Crippen molar-refractivity contribution in [2.24, 2.45) is 0 Å². The summed E-state index contributed by atoms with van der Waals surface area (Å²) in [5.41, 5.74) is 0. The van der Waals surface area contributed by atoms with E-state index in [-0.39, 0.29) is 0 Å². The van der Waals surface area contributed by atoms with E-state index in [4.69, 9.17) is 1.28 Å². The highest BCUT2D eigenvalue weighted by molar-refractivity contribution is 14.2. The van der Waals surface area contributed by atoms with Gasteiger partial charge >= 0.3 is 0 Å². The minimum atomic E-state index is -3.09. The van der Waals surface area contributed by atoms with Crippen LogP contribution in [0.15, 0.2) is 0 Å². The fraction of sp³-hybridized carbons (Fsp3) is 0. The van der Waals surface area contributed by atoms with Gasteiger partial charge in [-0.1, -0.05) is 11.8 Å². The van der Waals surface area contributed by atoms with Crippen molar-refractivity contribution in [3.63, 3.8) is 0 Å². The Hall–Kier alpha value is 1.31. The Balaban J connectivity index is 3.47. The highest BCUT2D eigenvalue weighted by atomic mass is 127. The molecule has 0 heterocycles. The molecule has 26 valence electrons. The van der Waals surface area contributed by atoms with E-state index in [0.717, 1.165) is 0 Å². The van der Waals surface area contributed by atoms with E-state index in [9.17, 15) is 4.20 Å². The molecule has 0 saturated carbocycles. The van der Waals surface area contributed by atoms with E-state index < -0.39 is 4.60 Å². The number of hydrogen-bond acceptors (Lipinski definition) is 1. The van der Waals surface area contributed by atoms with E-state index in [1.165, 1.54) is 22.0 Å². The summed E-state index contributed by atoms with van der Waals surface area (Å²) < 4.78 is 14.4. The molecular formula is HFIPS. The van der Waals surface area contributed by atoms with Gasteiger partial charge in [-0.3, -0.25) is 0 Å². The molecule has 4 heavy (non-hydrogen) atoms. The molecule has 4 heteroatoms. The van der Waals surface area contributed by atoms with Crippen LogP contribution in [0.1, 0.15) is 0 Å². The third-order valence-electron chi connectivity index (χ3n) is 0. The zero-order chi connectivity index (χ0) is 4.50. The summed E-state index contributed by atoms with van der Waals surface area (Å²) in [4.78, 5) is 0. The zero-order valence-electron chi connectivity index (χ0n) is 2.61. The Labute approximate surface area is 44.1 Å². The van der Waals surface area contributed by atoms with Crippen LogP contribution in [0.3, 0.4) is 0 Å². The van der Waals surface area contributed by atoms with Crippen molar-refractivity contribution in [1.29, 1.82) is 1.28 Å². The lowest BCUT2D eigenvalue weighted by Crippen LogP contribution is -0.945. The summed E-state index contributed by atoms with van der Waals surface area (Å²) in [5.74, 6) is 0. The maximum absolute atomic E-state index is 11.3. The summed E-state index contributed by atoms with van der Waals surface area (Å²) >= 11 is 5.23. The van der Waals surface area contributed by atoms with Crippen LogP contribution in [0.25, 0.3) is 0 Å². The van der Waals surface area contributed by atoms with Crippen LogP contribution in [0, 0.1) is 0 Å². The third kappa shape index (κ3) is 10.3. The molecule has 0 N–H and O–H groups in total. The molecule has 0 spiro atoms. The number of halogens is 2. The predicted molar refractivity (Wildman–Crippen MR) is 30.8 cm³/mol. The summed E-state index contributed by atoms with van der Waals surface area (Å²) in [7, 11) is 0. The van der Waals surface area contributed by atoms with Crippen LogP contribution < -0.4 is 0 Å². The minimum Gasteiger partial charge on any atom is -0.210 e. The van der Waals surface area contributed by atoms with Crippen molar-refractivity contribution < 1.29 is 4.20 Å². The molecule has 0 bridgehead atoms. The quantitative estimate of drug-likeness (QED) is 0.435. The van der Waals surface area contributed by atoms with Gasteiger partial charge in [0.05, 0.1) is 0 Å². The van der Waals surface area contributed by atoms with Gasteiger partial charge in [-0.2, -0.15) is 0 Å². The maximum atomic E-state index is 11.3. The maximum Gasteiger partial charge on any atom is 0.158 e. The minimum absolute atomic E-state index is 1.30. The van der Waals surface area contributed by atoms with Crippen molar-refractivity contribution in [2.45, 2.75) is 0 Å².